The van der Waals surface area contributed by atoms with Gasteiger partial charge in [0, 0.05) is 51.0 Å². The van der Waals surface area contributed by atoms with Crippen LogP contribution in [-0.4, -0.2) is 86.6 Å². The zero-order valence-electron chi connectivity index (χ0n) is 21.4. The second kappa shape index (κ2) is 10.5. The summed E-state index contributed by atoms with van der Waals surface area (Å²) in [5.74, 6) is 1.40. The maximum Gasteiger partial charge on any atom is 0.321 e. The summed E-state index contributed by atoms with van der Waals surface area (Å²) in [6.07, 6.45) is -0.386. The number of ether oxygens (including phenoxy) is 3. The average Bonchev–Trinajstić information content (AvgIpc) is 3.33. The normalized spacial score (nSPS) is 19.5. The molecule has 10 nitrogen and oxygen atoms in total. The molecule has 3 atom stereocenters. The Labute approximate surface area is 211 Å². The lowest BCUT2D eigenvalue weighted by molar-refractivity contribution is 0.0371. The molecule has 0 saturated heterocycles. The van der Waals surface area contributed by atoms with E-state index in [-0.39, 0.29) is 43.4 Å². The van der Waals surface area contributed by atoms with Gasteiger partial charge in [-0.05, 0) is 37.3 Å². The van der Waals surface area contributed by atoms with E-state index in [0.717, 1.165) is 5.69 Å². The molecule has 2 heterocycles. The molecule has 0 aliphatic carbocycles. The number of urea groups is 1. The summed E-state index contributed by atoms with van der Waals surface area (Å²) in [7, 11) is 5.51. The van der Waals surface area contributed by atoms with E-state index in [9.17, 15) is 14.7 Å². The van der Waals surface area contributed by atoms with E-state index < -0.39 is 0 Å². The van der Waals surface area contributed by atoms with Gasteiger partial charge in [0.1, 0.15) is 11.9 Å². The fraction of sp³-hybridized carbons (Fsp3) is 0.462. The van der Waals surface area contributed by atoms with E-state index in [1.54, 1.807) is 47.2 Å². The summed E-state index contributed by atoms with van der Waals surface area (Å²) in [6.45, 7) is 4.50. The van der Waals surface area contributed by atoms with Crippen molar-refractivity contribution in [3.05, 3.63) is 42.0 Å². The van der Waals surface area contributed by atoms with Crippen LogP contribution in [0.15, 0.2) is 36.4 Å². The molecular formula is C26H34N4O6. The highest BCUT2D eigenvalue weighted by Gasteiger charge is 2.34. The number of hydrogen-bond acceptors (Lipinski definition) is 7. The summed E-state index contributed by atoms with van der Waals surface area (Å²) in [6, 6.07) is 10.1. The van der Waals surface area contributed by atoms with Gasteiger partial charge in [-0.2, -0.15) is 0 Å². The van der Waals surface area contributed by atoms with Gasteiger partial charge in [-0.1, -0.05) is 6.92 Å². The highest BCUT2D eigenvalue weighted by molar-refractivity contribution is 5.98. The maximum absolute atomic E-state index is 13.5. The summed E-state index contributed by atoms with van der Waals surface area (Å²) < 4.78 is 17.1. The maximum atomic E-state index is 13.5. The largest absolute Gasteiger partial charge is 0.487 e. The van der Waals surface area contributed by atoms with Crippen molar-refractivity contribution in [2.24, 2.45) is 5.92 Å². The number of fused-ring (bicyclic) bond motifs is 2. The molecule has 2 aliphatic rings. The van der Waals surface area contributed by atoms with Crippen LogP contribution in [0.3, 0.4) is 0 Å². The number of amides is 3. The van der Waals surface area contributed by atoms with Crippen molar-refractivity contribution >= 4 is 23.3 Å². The number of rotatable bonds is 6. The number of carbonyl (C=O) groups is 2. The first-order chi connectivity index (χ1) is 17.2. The molecule has 0 bridgehead atoms. The molecule has 36 heavy (non-hydrogen) atoms. The molecule has 2 aliphatic heterocycles. The van der Waals surface area contributed by atoms with Crippen molar-refractivity contribution in [3.63, 3.8) is 0 Å². The van der Waals surface area contributed by atoms with Crippen LogP contribution >= 0.6 is 0 Å². The SMILES string of the molecule is C[C@@H]1CN([C@@H](C)CO)C(=O)c2cc(N(C)C)ccc2O[C@H]1CN(C)C(=O)Nc1ccc2c(c1)OCO2. The predicted octanol–water partition coefficient (Wildman–Crippen LogP) is 2.87. The van der Waals surface area contributed by atoms with Crippen molar-refractivity contribution in [2.75, 3.05) is 57.8 Å². The smallest absolute Gasteiger partial charge is 0.321 e. The lowest BCUT2D eigenvalue weighted by Crippen LogP contribution is -2.50. The Kier molecular flexibility index (Phi) is 7.44. The van der Waals surface area contributed by atoms with Crippen molar-refractivity contribution < 1.29 is 28.9 Å². The Balaban J connectivity index is 1.54. The fourth-order valence-corrected chi connectivity index (χ4v) is 4.25. The minimum absolute atomic E-state index is 0.106. The lowest BCUT2D eigenvalue weighted by atomic mass is 9.99. The average molecular weight is 499 g/mol. The fourth-order valence-electron chi connectivity index (χ4n) is 4.25. The lowest BCUT2D eigenvalue weighted by Gasteiger charge is -2.38. The Morgan fingerprint density at radius 2 is 1.86 bits per heavy atom. The van der Waals surface area contributed by atoms with Crippen LogP contribution in [0.25, 0.3) is 0 Å². The summed E-state index contributed by atoms with van der Waals surface area (Å²) >= 11 is 0. The molecule has 194 valence electrons. The summed E-state index contributed by atoms with van der Waals surface area (Å²) in [5.41, 5.74) is 1.90. The van der Waals surface area contributed by atoms with Gasteiger partial charge in [0.05, 0.1) is 24.8 Å². The minimum atomic E-state index is -0.386. The van der Waals surface area contributed by atoms with Gasteiger partial charge in [-0.3, -0.25) is 4.79 Å². The van der Waals surface area contributed by atoms with Gasteiger partial charge < -0.3 is 39.3 Å². The minimum Gasteiger partial charge on any atom is -0.487 e. The number of nitrogens with zero attached hydrogens (tertiary/aromatic N) is 3. The predicted molar refractivity (Wildman–Crippen MR) is 136 cm³/mol. The third-order valence-corrected chi connectivity index (χ3v) is 6.59. The van der Waals surface area contributed by atoms with E-state index in [1.165, 1.54) is 0 Å². The standard InChI is InChI=1S/C26H34N4O6/c1-16-12-30(17(2)14-31)25(32)20-11-19(28(3)4)7-9-21(20)36-24(16)13-29(5)26(33)27-18-6-8-22-23(10-18)35-15-34-22/h6-11,16-17,24,31H,12-15H2,1-5H3,(H,27,33)/t16-,17+,24+/m1/s1. The molecular weight excluding hydrogens is 464 g/mol. The van der Waals surface area contributed by atoms with Gasteiger partial charge in [-0.15, -0.1) is 0 Å². The van der Waals surface area contributed by atoms with E-state index in [1.807, 2.05) is 38.9 Å². The van der Waals surface area contributed by atoms with E-state index in [2.05, 4.69) is 5.32 Å². The van der Waals surface area contributed by atoms with Crippen LogP contribution in [0.4, 0.5) is 16.2 Å². The number of aliphatic hydroxyl groups excluding tert-OH is 1. The molecule has 2 aromatic rings. The monoisotopic (exact) mass is 498 g/mol. The van der Waals surface area contributed by atoms with Crippen LogP contribution in [0.2, 0.25) is 0 Å². The molecule has 3 amide bonds. The third kappa shape index (κ3) is 5.28. The number of hydrogen-bond donors (Lipinski definition) is 2. The quantitative estimate of drug-likeness (QED) is 0.631. The number of aliphatic hydroxyl groups is 1. The molecule has 4 rings (SSSR count). The third-order valence-electron chi connectivity index (χ3n) is 6.59. The van der Waals surface area contributed by atoms with Crippen LogP contribution in [0.5, 0.6) is 17.2 Å². The van der Waals surface area contributed by atoms with Gasteiger partial charge in [-0.25, -0.2) is 4.79 Å². The van der Waals surface area contributed by atoms with Crippen molar-refractivity contribution in [1.29, 1.82) is 0 Å². The van der Waals surface area contributed by atoms with Gasteiger partial charge in [0.15, 0.2) is 11.5 Å². The second-order valence-electron chi connectivity index (χ2n) is 9.58. The molecule has 2 N–H and O–H groups in total. The zero-order valence-corrected chi connectivity index (χ0v) is 21.4. The summed E-state index contributed by atoms with van der Waals surface area (Å²) in [5, 5.41) is 12.7. The molecule has 0 fully saturated rings. The summed E-state index contributed by atoms with van der Waals surface area (Å²) in [4.78, 5) is 31.6. The van der Waals surface area contributed by atoms with Crippen LogP contribution in [-0.2, 0) is 0 Å². The van der Waals surface area contributed by atoms with E-state index in [0.29, 0.717) is 41.6 Å². The van der Waals surface area contributed by atoms with Crippen molar-refractivity contribution in [1.82, 2.24) is 9.80 Å². The molecule has 0 unspecified atom stereocenters. The highest BCUT2D eigenvalue weighted by Crippen LogP contribution is 2.34. The first kappa shape index (κ1) is 25.4. The Bertz CT molecular complexity index is 1120. The van der Waals surface area contributed by atoms with Crippen LogP contribution < -0.4 is 24.4 Å². The highest BCUT2D eigenvalue weighted by atomic mass is 16.7. The van der Waals surface area contributed by atoms with Crippen LogP contribution in [0.1, 0.15) is 24.2 Å². The molecule has 0 saturated carbocycles. The Hall–Kier alpha value is -3.66. The molecule has 0 aromatic heterocycles. The number of likely N-dealkylation sites (N-methyl/N-ethyl adjacent to an activating group) is 1. The second-order valence-corrected chi connectivity index (χ2v) is 9.58. The first-order valence-corrected chi connectivity index (χ1v) is 12.0. The van der Waals surface area contributed by atoms with Crippen molar-refractivity contribution in [2.45, 2.75) is 26.0 Å². The van der Waals surface area contributed by atoms with Gasteiger partial charge >= 0.3 is 6.03 Å². The molecule has 2 aromatic carbocycles. The number of benzene rings is 2. The van der Waals surface area contributed by atoms with E-state index in [4.69, 9.17) is 14.2 Å². The van der Waals surface area contributed by atoms with E-state index >= 15 is 0 Å². The number of carbonyl (C=O) groups excluding carboxylic acids is 2. The molecule has 0 spiro atoms. The van der Waals surface area contributed by atoms with Crippen LogP contribution in [0, 0.1) is 5.92 Å². The number of anilines is 2. The van der Waals surface area contributed by atoms with Crippen molar-refractivity contribution in [3.8, 4) is 17.2 Å². The van der Waals surface area contributed by atoms with Gasteiger partial charge in [0.25, 0.3) is 5.91 Å². The Morgan fingerprint density at radius 3 is 2.58 bits per heavy atom. The molecule has 10 heteroatoms. The van der Waals surface area contributed by atoms with Gasteiger partial charge in [0.2, 0.25) is 6.79 Å². The topological polar surface area (TPSA) is 104 Å². The zero-order chi connectivity index (χ0) is 26.0. The Morgan fingerprint density at radius 1 is 1.14 bits per heavy atom. The molecule has 0 radical (unpaired) electrons. The first-order valence-electron chi connectivity index (χ1n) is 12.0. The number of nitrogens with one attached hydrogen (secondary N) is 1.